The maximum atomic E-state index is 14.4. The number of hydrogen-bond acceptors (Lipinski definition) is 5. The zero-order valence-corrected chi connectivity index (χ0v) is 17.7. The monoisotopic (exact) mass is 453 g/mol. The Balaban J connectivity index is 1.31. The van der Waals surface area contributed by atoms with E-state index in [-0.39, 0.29) is 48.3 Å². The molecule has 2 N–H and O–H groups in total. The van der Waals surface area contributed by atoms with Gasteiger partial charge in [-0.2, -0.15) is 0 Å². The summed E-state index contributed by atoms with van der Waals surface area (Å²) in [5.74, 6) is -0.835. The molecule has 3 aromatic rings. The molecule has 1 aromatic carbocycles. The summed E-state index contributed by atoms with van der Waals surface area (Å²) in [6, 6.07) is 10.3. The van der Waals surface area contributed by atoms with E-state index in [1.165, 1.54) is 36.5 Å². The van der Waals surface area contributed by atoms with Gasteiger partial charge < -0.3 is 10.6 Å². The number of pyridine rings is 1. The second kappa shape index (κ2) is 8.46. The maximum absolute atomic E-state index is 14.4. The number of amides is 1. The number of rotatable bonds is 7. The highest BCUT2D eigenvalue weighted by Crippen LogP contribution is 2.45. The highest BCUT2D eigenvalue weighted by molar-refractivity contribution is 5.95. The first-order valence-electron chi connectivity index (χ1n) is 10.9. The van der Waals surface area contributed by atoms with Crippen LogP contribution >= 0.6 is 0 Å². The lowest BCUT2D eigenvalue weighted by Gasteiger charge is -2.44. The predicted octanol–water partition coefficient (Wildman–Crippen LogP) is 4.19. The van der Waals surface area contributed by atoms with E-state index in [1.807, 2.05) is 0 Å². The van der Waals surface area contributed by atoms with E-state index in [4.69, 9.17) is 0 Å². The van der Waals surface area contributed by atoms with Crippen molar-refractivity contribution in [2.24, 2.45) is 0 Å². The molecule has 2 aliphatic rings. The van der Waals surface area contributed by atoms with Gasteiger partial charge >= 0.3 is 0 Å². The molecule has 2 aromatic heterocycles. The SMILES string of the molecule is O=C(NC1CC1)c1ccc(F)c(-c2ccc(NC[C@]3(c4ncccc4F)C[C@H](F)C3)nn2)c1. The van der Waals surface area contributed by atoms with Crippen LogP contribution in [0, 0.1) is 11.6 Å². The van der Waals surface area contributed by atoms with Gasteiger partial charge in [0.1, 0.15) is 23.6 Å². The van der Waals surface area contributed by atoms with Crippen LogP contribution in [0.5, 0.6) is 0 Å². The summed E-state index contributed by atoms with van der Waals surface area (Å²) in [4.78, 5) is 16.4. The van der Waals surface area contributed by atoms with Gasteiger partial charge in [-0.3, -0.25) is 9.78 Å². The molecule has 0 bridgehead atoms. The molecule has 0 atom stereocenters. The molecule has 2 aliphatic carbocycles. The summed E-state index contributed by atoms with van der Waals surface area (Å²) in [5.41, 5.74) is 0.271. The number of carbonyl (C=O) groups is 1. The Kier molecular flexibility index (Phi) is 5.47. The smallest absolute Gasteiger partial charge is 0.251 e. The molecule has 5 rings (SSSR count). The number of benzene rings is 1. The third-order valence-corrected chi connectivity index (χ3v) is 6.17. The van der Waals surface area contributed by atoms with Crippen molar-refractivity contribution < 1.29 is 18.0 Å². The normalized spacial score (nSPS) is 21.8. The van der Waals surface area contributed by atoms with E-state index in [1.54, 1.807) is 12.1 Å². The summed E-state index contributed by atoms with van der Waals surface area (Å²) in [6.07, 6.45) is 2.74. The lowest BCUT2D eigenvalue weighted by molar-refractivity contribution is 0.0949. The molecule has 0 saturated heterocycles. The van der Waals surface area contributed by atoms with Gasteiger partial charge in [-0.15, -0.1) is 10.2 Å². The average Bonchev–Trinajstić information content (AvgIpc) is 3.61. The highest BCUT2D eigenvalue weighted by atomic mass is 19.1. The van der Waals surface area contributed by atoms with Gasteiger partial charge in [0.2, 0.25) is 0 Å². The number of hydrogen-bond donors (Lipinski definition) is 2. The van der Waals surface area contributed by atoms with Crippen molar-refractivity contribution in [2.75, 3.05) is 11.9 Å². The number of anilines is 1. The van der Waals surface area contributed by atoms with Crippen molar-refractivity contribution in [1.82, 2.24) is 20.5 Å². The maximum Gasteiger partial charge on any atom is 0.251 e. The Bertz CT molecular complexity index is 1180. The molecular formula is C24H22F3N5O. The lowest BCUT2D eigenvalue weighted by Crippen LogP contribution is -2.49. The van der Waals surface area contributed by atoms with E-state index >= 15 is 0 Å². The first kappa shape index (κ1) is 21.4. The fourth-order valence-corrected chi connectivity index (χ4v) is 4.17. The fourth-order valence-electron chi connectivity index (χ4n) is 4.17. The Morgan fingerprint density at radius 1 is 1.06 bits per heavy atom. The molecule has 2 saturated carbocycles. The van der Waals surface area contributed by atoms with Gasteiger partial charge in [-0.25, -0.2) is 13.2 Å². The minimum absolute atomic E-state index is 0.167. The third-order valence-electron chi connectivity index (χ3n) is 6.17. The van der Waals surface area contributed by atoms with E-state index in [2.05, 4.69) is 25.8 Å². The van der Waals surface area contributed by atoms with Gasteiger partial charge in [0, 0.05) is 35.3 Å². The van der Waals surface area contributed by atoms with Gasteiger partial charge in [0.05, 0.1) is 11.4 Å². The van der Waals surface area contributed by atoms with Crippen LogP contribution in [-0.2, 0) is 5.41 Å². The zero-order chi connectivity index (χ0) is 23.0. The van der Waals surface area contributed by atoms with Crippen LogP contribution in [0.4, 0.5) is 19.0 Å². The molecule has 0 aliphatic heterocycles. The first-order valence-corrected chi connectivity index (χ1v) is 10.9. The summed E-state index contributed by atoms with van der Waals surface area (Å²) in [5, 5.41) is 14.1. The van der Waals surface area contributed by atoms with E-state index in [0.29, 0.717) is 11.4 Å². The largest absolute Gasteiger partial charge is 0.368 e. The minimum atomic E-state index is -1.01. The van der Waals surface area contributed by atoms with Gasteiger partial charge in [-0.1, -0.05) is 0 Å². The quantitative estimate of drug-likeness (QED) is 0.561. The molecule has 0 spiro atoms. The number of nitrogens with one attached hydrogen (secondary N) is 2. The van der Waals surface area contributed by atoms with E-state index < -0.39 is 23.2 Å². The molecule has 170 valence electrons. The first-order chi connectivity index (χ1) is 15.9. The van der Waals surface area contributed by atoms with Crippen LogP contribution in [0.2, 0.25) is 0 Å². The topological polar surface area (TPSA) is 79.8 Å². The van der Waals surface area contributed by atoms with Crippen LogP contribution < -0.4 is 10.6 Å². The Morgan fingerprint density at radius 3 is 2.55 bits per heavy atom. The average molecular weight is 453 g/mol. The minimum Gasteiger partial charge on any atom is -0.368 e. The van der Waals surface area contributed by atoms with Crippen LogP contribution in [0.3, 0.4) is 0 Å². The Labute approximate surface area is 188 Å². The summed E-state index contributed by atoms with van der Waals surface area (Å²) >= 11 is 0. The molecule has 0 unspecified atom stereocenters. The highest BCUT2D eigenvalue weighted by Gasteiger charge is 2.48. The van der Waals surface area contributed by atoms with Gasteiger partial charge in [0.15, 0.2) is 0 Å². The summed E-state index contributed by atoms with van der Waals surface area (Å²) < 4.78 is 42.4. The Morgan fingerprint density at radius 2 is 1.88 bits per heavy atom. The summed E-state index contributed by atoms with van der Waals surface area (Å²) in [6.45, 7) is 0.237. The molecule has 9 heteroatoms. The molecule has 6 nitrogen and oxygen atoms in total. The number of aromatic nitrogens is 3. The van der Waals surface area contributed by atoms with Gasteiger partial charge in [0.25, 0.3) is 5.91 Å². The van der Waals surface area contributed by atoms with Crippen molar-refractivity contribution in [3.05, 3.63) is 71.6 Å². The van der Waals surface area contributed by atoms with Gasteiger partial charge in [-0.05, 0) is 68.1 Å². The van der Waals surface area contributed by atoms with Crippen LogP contribution in [0.25, 0.3) is 11.3 Å². The molecule has 2 heterocycles. The second-order valence-electron chi connectivity index (χ2n) is 8.72. The molecule has 0 radical (unpaired) electrons. The van der Waals surface area contributed by atoms with Crippen molar-refractivity contribution in [2.45, 2.75) is 43.3 Å². The van der Waals surface area contributed by atoms with E-state index in [9.17, 15) is 18.0 Å². The fraction of sp³-hybridized carbons (Fsp3) is 0.333. The number of halogens is 3. The number of nitrogens with zero attached hydrogens (tertiary/aromatic N) is 3. The van der Waals surface area contributed by atoms with Crippen molar-refractivity contribution >= 4 is 11.7 Å². The van der Waals surface area contributed by atoms with Crippen molar-refractivity contribution in [1.29, 1.82) is 0 Å². The molecular weight excluding hydrogens is 431 g/mol. The second-order valence-corrected chi connectivity index (χ2v) is 8.72. The predicted molar refractivity (Wildman–Crippen MR) is 116 cm³/mol. The molecule has 1 amide bonds. The third kappa shape index (κ3) is 4.40. The van der Waals surface area contributed by atoms with Crippen LogP contribution in [0.15, 0.2) is 48.7 Å². The molecule has 33 heavy (non-hydrogen) atoms. The Hall–Kier alpha value is -3.49. The van der Waals surface area contributed by atoms with Crippen molar-refractivity contribution in [3.63, 3.8) is 0 Å². The zero-order valence-electron chi connectivity index (χ0n) is 17.7. The van der Waals surface area contributed by atoms with Crippen molar-refractivity contribution in [3.8, 4) is 11.3 Å². The lowest BCUT2D eigenvalue weighted by atomic mass is 9.65. The number of alkyl halides is 1. The van der Waals surface area contributed by atoms with Crippen LogP contribution in [-0.4, -0.2) is 39.8 Å². The van der Waals surface area contributed by atoms with E-state index in [0.717, 1.165) is 12.8 Å². The summed E-state index contributed by atoms with van der Waals surface area (Å²) in [7, 11) is 0. The van der Waals surface area contributed by atoms with Crippen LogP contribution in [0.1, 0.15) is 41.7 Å². The standard InChI is InChI=1S/C24H22F3N5O/c25-15-11-24(12-15,22-19(27)2-1-9-28-22)13-29-21-8-7-20(31-32-21)17-10-14(3-6-18(17)26)23(33)30-16-4-5-16/h1-3,6-10,15-16H,4-5,11-13H2,(H,29,32)(H,30,33)/t15-,24-. The number of carbonyl (C=O) groups excluding carboxylic acids is 1. The molecule has 2 fully saturated rings.